The van der Waals surface area contributed by atoms with Crippen LogP contribution >= 0.6 is 12.2 Å². The standard InChI is InChI=1S/C17H20N2OS/c1-12-4-6-14(7-5-12)11-18-17(21)19-16-9-8-15(20-3)10-13(16)2/h4-10H,11H2,1-3H3,(H2,18,19,21). The molecule has 0 spiro atoms. The van der Waals surface area contributed by atoms with E-state index in [0.717, 1.165) is 17.0 Å². The van der Waals surface area contributed by atoms with Crippen molar-refractivity contribution in [3.8, 4) is 5.75 Å². The largest absolute Gasteiger partial charge is 0.497 e. The van der Waals surface area contributed by atoms with E-state index in [-0.39, 0.29) is 0 Å². The Kier molecular flexibility index (Phi) is 5.17. The van der Waals surface area contributed by atoms with E-state index in [1.54, 1.807) is 7.11 Å². The Hall–Kier alpha value is -2.07. The lowest BCUT2D eigenvalue weighted by molar-refractivity contribution is 0.414. The third kappa shape index (κ3) is 4.46. The fourth-order valence-electron chi connectivity index (χ4n) is 1.96. The summed E-state index contributed by atoms with van der Waals surface area (Å²) in [5, 5.41) is 7.03. The number of hydrogen-bond donors (Lipinski definition) is 2. The molecule has 0 heterocycles. The highest BCUT2D eigenvalue weighted by Crippen LogP contribution is 2.20. The predicted molar refractivity (Wildman–Crippen MR) is 92.0 cm³/mol. The maximum absolute atomic E-state index is 5.33. The number of thiocarbonyl (C=S) groups is 1. The van der Waals surface area contributed by atoms with Crippen molar-refractivity contribution in [2.45, 2.75) is 20.4 Å². The smallest absolute Gasteiger partial charge is 0.171 e. The van der Waals surface area contributed by atoms with E-state index < -0.39 is 0 Å². The number of hydrogen-bond acceptors (Lipinski definition) is 2. The Morgan fingerprint density at radius 1 is 1.10 bits per heavy atom. The molecule has 0 aliphatic rings. The van der Waals surface area contributed by atoms with Crippen LogP contribution in [0.2, 0.25) is 0 Å². The number of aryl methyl sites for hydroxylation is 2. The fraction of sp³-hybridized carbons (Fsp3) is 0.235. The van der Waals surface area contributed by atoms with Gasteiger partial charge in [-0.15, -0.1) is 0 Å². The molecule has 2 rings (SSSR count). The van der Waals surface area contributed by atoms with Gasteiger partial charge in [0.1, 0.15) is 5.75 Å². The topological polar surface area (TPSA) is 33.3 Å². The van der Waals surface area contributed by atoms with Gasteiger partial charge in [-0.1, -0.05) is 29.8 Å². The minimum absolute atomic E-state index is 0.615. The number of nitrogens with one attached hydrogen (secondary N) is 2. The van der Waals surface area contributed by atoms with Gasteiger partial charge in [0.2, 0.25) is 0 Å². The van der Waals surface area contributed by atoms with E-state index >= 15 is 0 Å². The van der Waals surface area contributed by atoms with Gasteiger partial charge < -0.3 is 15.4 Å². The van der Waals surface area contributed by atoms with Gasteiger partial charge in [0.15, 0.2) is 5.11 Å². The van der Waals surface area contributed by atoms with Crippen LogP contribution in [0.5, 0.6) is 5.75 Å². The molecule has 0 atom stereocenters. The lowest BCUT2D eigenvalue weighted by atomic mass is 10.1. The molecule has 0 aliphatic heterocycles. The second-order valence-corrected chi connectivity index (χ2v) is 5.38. The quantitative estimate of drug-likeness (QED) is 0.842. The van der Waals surface area contributed by atoms with Crippen LogP contribution in [0.1, 0.15) is 16.7 Å². The zero-order valence-corrected chi connectivity index (χ0v) is 13.4. The summed E-state index contributed by atoms with van der Waals surface area (Å²) in [5.41, 5.74) is 4.54. The Balaban J connectivity index is 1.91. The molecule has 0 bridgehead atoms. The van der Waals surface area contributed by atoms with Crippen molar-refractivity contribution in [2.75, 3.05) is 12.4 Å². The summed E-state index contributed by atoms with van der Waals surface area (Å²) in [6.45, 7) is 4.81. The Morgan fingerprint density at radius 2 is 1.81 bits per heavy atom. The van der Waals surface area contributed by atoms with Gasteiger partial charge in [0.05, 0.1) is 7.11 Å². The van der Waals surface area contributed by atoms with E-state index in [9.17, 15) is 0 Å². The Bertz CT molecular complexity index is 623. The molecule has 0 saturated heterocycles. The minimum Gasteiger partial charge on any atom is -0.497 e. The summed E-state index contributed by atoms with van der Waals surface area (Å²) in [7, 11) is 1.66. The monoisotopic (exact) mass is 300 g/mol. The first-order valence-electron chi connectivity index (χ1n) is 6.83. The highest BCUT2D eigenvalue weighted by atomic mass is 32.1. The summed E-state index contributed by atoms with van der Waals surface area (Å²) in [6.07, 6.45) is 0. The Morgan fingerprint density at radius 3 is 2.43 bits per heavy atom. The summed E-state index contributed by atoms with van der Waals surface area (Å²) in [6, 6.07) is 14.3. The number of ether oxygens (including phenoxy) is 1. The van der Waals surface area contributed by atoms with Crippen molar-refractivity contribution < 1.29 is 4.74 Å². The maximum atomic E-state index is 5.33. The van der Waals surface area contributed by atoms with Crippen LogP contribution in [0.15, 0.2) is 42.5 Å². The lowest BCUT2D eigenvalue weighted by Crippen LogP contribution is -2.28. The van der Waals surface area contributed by atoms with Gasteiger partial charge in [-0.05, 0) is 55.4 Å². The SMILES string of the molecule is COc1ccc(NC(=S)NCc2ccc(C)cc2)c(C)c1. The molecule has 2 N–H and O–H groups in total. The average molecular weight is 300 g/mol. The van der Waals surface area contributed by atoms with Crippen molar-refractivity contribution in [3.05, 3.63) is 59.2 Å². The van der Waals surface area contributed by atoms with Crippen molar-refractivity contribution in [1.82, 2.24) is 5.32 Å². The van der Waals surface area contributed by atoms with Gasteiger partial charge in [-0.3, -0.25) is 0 Å². The van der Waals surface area contributed by atoms with E-state index in [2.05, 4.69) is 41.8 Å². The van der Waals surface area contributed by atoms with Gasteiger partial charge in [0, 0.05) is 12.2 Å². The molecule has 4 heteroatoms. The molecule has 21 heavy (non-hydrogen) atoms. The molecule has 0 fully saturated rings. The van der Waals surface area contributed by atoms with E-state index in [1.807, 2.05) is 25.1 Å². The first kappa shape index (κ1) is 15.3. The summed E-state index contributed by atoms with van der Waals surface area (Å²) < 4.78 is 5.19. The molecular formula is C17H20N2OS. The second kappa shape index (κ2) is 7.09. The summed E-state index contributed by atoms with van der Waals surface area (Å²) >= 11 is 5.33. The van der Waals surface area contributed by atoms with Crippen LogP contribution < -0.4 is 15.4 Å². The highest BCUT2D eigenvalue weighted by molar-refractivity contribution is 7.80. The van der Waals surface area contributed by atoms with Gasteiger partial charge in [-0.2, -0.15) is 0 Å². The molecular weight excluding hydrogens is 280 g/mol. The number of anilines is 1. The van der Waals surface area contributed by atoms with Crippen LogP contribution in [0.25, 0.3) is 0 Å². The first-order chi connectivity index (χ1) is 10.1. The summed E-state index contributed by atoms with van der Waals surface area (Å²) in [5.74, 6) is 0.844. The molecule has 0 unspecified atom stereocenters. The molecule has 0 saturated carbocycles. The fourth-order valence-corrected chi connectivity index (χ4v) is 2.14. The molecule has 3 nitrogen and oxygen atoms in total. The molecule has 0 radical (unpaired) electrons. The number of rotatable bonds is 4. The Labute approximate surface area is 131 Å². The van der Waals surface area contributed by atoms with Crippen LogP contribution in [-0.2, 0) is 6.54 Å². The number of benzene rings is 2. The van der Waals surface area contributed by atoms with Crippen molar-refractivity contribution in [1.29, 1.82) is 0 Å². The molecule has 2 aromatic carbocycles. The lowest BCUT2D eigenvalue weighted by Gasteiger charge is -2.13. The van der Waals surface area contributed by atoms with E-state index in [0.29, 0.717) is 11.7 Å². The normalized spacial score (nSPS) is 10.0. The third-order valence-electron chi connectivity index (χ3n) is 3.26. The second-order valence-electron chi connectivity index (χ2n) is 4.97. The first-order valence-corrected chi connectivity index (χ1v) is 7.24. The van der Waals surface area contributed by atoms with Crippen LogP contribution in [-0.4, -0.2) is 12.2 Å². The van der Waals surface area contributed by atoms with E-state index in [1.165, 1.54) is 11.1 Å². The molecule has 110 valence electrons. The van der Waals surface area contributed by atoms with Crippen LogP contribution in [0, 0.1) is 13.8 Å². The van der Waals surface area contributed by atoms with Crippen LogP contribution in [0.3, 0.4) is 0 Å². The molecule has 0 aliphatic carbocycles. The zero-order chi connectivity index (χ0) is 15.2. The third-order valence-corrected chi connectivity index (χ3v) is 3.50. The van der Waals surface area contributed by atoms with Gasteiger partial charge in [-0.25, -0.2) is 0 Å². The average Bonchev–Trinajstić information content (AvgIpc) is 2.48. The van der Waals surface area contributed by atoms with E-state index in [4.69, 9.17) is 17.0 Å². The summed E-state index contributed by atoms with van der Waals surface area (Å²) in [4.78, 5) is 0. The highest BCUT2D eigenvalue weighted by Gasteiger charge is 2.03. The van der Waals surface area contributed by atoms with Crippen molar-refractivity contribution in [2.24, 2.45) is 0 Å². The zero-order valence-electron chi connectivity index (χ0n) is 12.6. The van der Waals surface area contributed by atoms with Crippen LogP contribution in [0.4, 0.5) is 5.69 Å². The number of methoxy groups -OCH3 is 1. The van der Waals surface area contributed by atoms with Gasteiger partial charge >= 0.3 is 0 Å². The van der Waals surface area contributed by atoms with Crippen molar-refractivity contribution >= 4 is 23.0 Å². The molecule has 2 aromatic rings. The van der Waals surface area contributed by atoms with Crippen molar-refractivity contribution in [3.63, 3.8) is 0 Å². The minimum atomic E-state index is 0.615. The molecule has 0 aromatic heterocycles. The maximum Gasteiger partial charge on any atom is 0.171 e. The van der Waals surface area contributed by atoms with Gasteiger partial charge in [0.25, 0.3) is 0 Å². The predicted octanol–water partition coefficient (Wildman–Crippen LogP) is 3.80. The molecule has 0 amide bonds.